The van der Waals surface area contributed by atoms with Crippen molar-refractivity contribution in [2.45, 2.75) is 19.9 Å². The van der Waals surface area contributed by atoms with E-state index in [-0.39, 0.29) is 12.5 Å². The van der Waals surface area contributed by atoms with Crippen molar-refractivity contribution in [2.75, 3.05) is 23.7 Å². The number of aryl methyl sites for hydroxylation is 1. The third kappa shape index (κ3) is 9.08. The fourth-order valence-corrected chi connectivity index (χ4v) is 4.15. The van der Waals surface area contributed by atoms with Gasteiger partial charge in [-0.2, -0.15) is 5.10 Å². The minimum absolute atomic E-state index is 0.117. The van der Waals surface area contributed by atoms with Crippen LogP contribution in [0.1, 0.15) is 23.6 Å². The summed E-state index contributed by atoms with van der Waals surface area (Å²) in [5.74, 6) is -0.307. The van der Waals surface area contributed by atoms with Crippen molar-refractivity contribution in [1.82, 2.24) is 10.7 Å². The molecule has 194 valence electrons. The highest BCUT2D eigenvalue weighted by Gasteiger charge is 2.20. The van der Waals surface area contributed by atoms with Gasteiger partial charge in [-0.25, -0.2) is 13.8 Å². The molecule has 0 aliphatic carbocycles. The third-order valence-corrected chi connectivity index (χ3v) is 6.45. The van der Waals surface area contributed by atoms with Gasteiger partial charge in [0.2, 0.25) is 10.0 Å². The Morgan fingerprint density at radius 1 is 0.919 bits per heavy atom. The maximum atomic E-state index is 12.3. The van der Waals surface area contributed by atoms with Crippen LogP contribution >= 0.6 is 0 Å². The molecule has 3 aromatic rings. The van der Waals surface area contributed by atoms with Gasteiger partial charge in [0.15, 0.2) is 6.61 Å². The summed E-state index contributed by atoms with van der Waals surface area (Å²) in [6, 6.07) is 23.4. The van der Waals surface area contributed by atoms with Gasteiger partial charge in [-0.1, -0.05) is 49.4 Å². The number of nitrogens with zero attached hydrogens (tertiary/aromatic N) is 2. The highest BCUT2D eigenvalue weighted by atomic mass is 32.2. The summed E-state index contributed by atoms with van der Waals surface area (Å²) in [6.45, 7) is 1.91. The fraction of sp³-hybridized carbons (Fsp3) is 0.222. The van der Waals surface area contributed by atoms with E-state index in [4.69, 9.17) is 4.74 Å². The zero-order valence-electron chi connectivity index (χ0n) is 20.8. The number of hydrogen-bond acceptors (Lipinski definition) is 6. The van der Waals surface area contributed by atoms with Crippen molar-refractivity contribution >= 4 is 33.7 Å². The molecule has 0 spiro atoms. The monoisotopic (exact) mass is 522 g/mol. The maximum Gasteiger partial charge on any atom is 0.260 e. The van der Waals surface area contributed by atoms with Gasteiger partial charge in [-0.15, -0.1) is 0 Å². The Morgan fingerprint density at radius 2 is 1.59 bits per heavy atom. The molecule has 0 atom stereocenters. The second-order valence-corrected chi connectivity index (χ2v) is 10.1. The van der Waals surface area contributed by atoms with Crippen LogP contribution in [0.25, 0.3) is 0 Å². The van der Waals surface area contributed by atoms with Crippen LogP contribution in [0.15, 0.2) is 84.0 Å². The summed E-state index contributed by atoms with van der Waals surface area (Å²) in [5, 5.41) is 6.69. The van der Waals surface area contributed by atoms with Crippen molar-refractivity contribution in [2.24, 2.45) is 5.10 Å². The normalized spacial score (nSPS) is 11.2. The average molecular weight is 523 g/mol. The molecule has 3 aromatic carbocycles. The van der Waals surface area contributed by atoms with Gasteiger partial charge in [0, 0.05) is 6.54 Å². The minimum atomic E-state index is -3.67. The molecule has 0 heterocycles. The number of benzene rings is 3. The van der Waals surface area contributed by atoms with Crippen molar-refractivity contribution in [3.05, 3.63) is 95.6 Å². The zero-order valence-corrected chi connectivity index (χ0v) is 21.6. The summed E-state index contributed by atoms with van der Waals surface area (Å²) in [4.78, 5) is 24.3. The van der Waals surface area contributed by atoms with Crippen molar-refractivity contribution in [3.63, 3.8) is 0 Å². The van der Waals surface area contributed by atoms with E-state index >= 15 is 0 Å². The Hall–Kier alpha value is -4.18. The lowest BCUT2D eigenvalue weighted by Crippen LogP contribution is -2.39. The molecule has 0 fully saturated rings. The van der Waals surface area contributed by atoms with E-state index in [0.29, 0.717) is 23.5 Å². The summed E-state index contributed by atoms with van der Waals surface area (Å²) in [6.07, 6.45) is 3.30. The third-order valence-electron chi connectivity index (χ3n) is 5.31. The van der Waals surface area contributed by atoms with E-state index in [0.717, 1.165) is 28.1 Å². The quantitative estimate of drug-likeness (QED) is 0.280. The summed E-state index contributed by atoms with van der Waals surface area (Å²) >= 11 is 0. The van der Waals surface area contributed by atoms with Crippen molar-refractivity contribution < 1.29 is 22.7 Å². The molecule has 0 aromatic heterocycles. The van der Waals surface area contributed by atoms with Crippen LogP contribution in [0.2, 0.25) is 0 Å². The van der Waals surface area contributed by atoms with Gasteiger partial charge in [0.05, 0.1) is 18.2 Å². The van der Waals surface area contributed by atoms with Crippen LogP contribution in [-0.4, -0.2) is 45.9 Å². The lowest BCUT2D eigenvalue weighted by Gasteiger charge is -2.21. The van der Waals surface area contributed by atoms with E-state index in [9.17, 15) is 18.0 Å². The smallest absolute Gasteiger partial charge is 0.260 e. The molecule has 2 N–H and O–H groups in total. The number of sulfonamides is 1. The molecular weight excluding hydrogens is 492 g/mol. The van der Waals surface area contributed by atoms with Gasteiger partial charge in [-0.05, 0) is 59.5 Å². The van der Waals surface area contributed by atoms with Crippen molar-refractivity contribution in [1.29, 1.82) is 0 Å². The molecule has 0 saturated carbocycles. The first kappa shape index (κ1) is 27.4. The highest BCUT2D eigenvalue weighted by Crippen LogP contribution is 2.18. The van der Waals surface area contributed by atoms with Crippen LogP contribution in [-0.2, 0) is 32.6 Å². The zero-order chi connectivity index (χ0) is 26.7. The number of hydrazone groups is 1. The Morgan fingerprint density at radius 3 is 2.22 bits per heavy atom. The van der Waals surface area contributed by atoms with E-state index in [2.05, 4.69) is 15.8 Å². The second kappa shape index (κ2) is 13.2. The topological polar surface area (TPSA) is 117 Å². The molecule has 2 amide bonds. The van der Waals surface area contributed by atoms with Gasteiger partial charge >= 0.3 is 0 Å². The summed E-state index contributed by atoms with van der Waals surface area (Å²) in [7, 11) is -3.67. The number of rotatable bonds is 12. The van der Waals surface area contributed by atoms with Crippen LogP contribution in [0.5, 0.6) is 5.75 Å². The number of hydrogen-bond donors (Lipinski definition) is 2. The molecule has 0 aliphatic rings. The predicted molar refractivity (Wildman–Crippen MR) is 144 cm³/mol. The molecule has 0 bridgehead atoms. The largest absolute Gasteiger partial charge is 0.484 e. The first-order chi connectivity index (χ1) is 17.7. The molecule has 9 nitrogen and oxygen atoms in total. The number of carbonyl (C=O) groups excluding carboxylic acids is 2. The lowest BCUT2D eigenvalue weighted by molar-refractivity contribution is -0.123. The Labute approximate surface area is 217 Å². The van der Waals surface area contributed by atoms with Crippen LogP contribution in [0, 0.1) is 0 Å². The van der Waals surface area contributed by atoms with Gasteiger partial charge < -0.3 is 10.1 Å². The maximum absolute atomic E-state index is 12.3. The van der Waals surface area contributed by atoms with Crippen LogP contribution < -0.4 is 19.8 Å². The first-order valence-corrected chi connectivity index (χ1v) is 13.5. The number of nitrogens with one attached hydrogen (secondary N) is 2. The molecule has 0 radical (unpaired) electrons. The summed E-state index contributed by atoms with van der Waals surface area (Å²) in [5.41, 5.74) is 5.50. The molecule has 37 heavy (non-hydrogen) atoms. The average Bonchev–Trinajstić information content (AvgIpc) is 2.90. The van der Waals surface area contributed by atoms with E-state index in [1.54, 1.807) is 36.4 Å². The highest BCUT2D eigenvalue weighted by molar-refractivity contribution is 7.92. The predicted octanol–water partition coefficient (Wildman–Crippen LogP) is 2.86. The Bertz CT molecular complexity index is 1310. The standard InChI is InChI=1S/C27H30N4O5S/c1-3-21-9-13-24(14-10-21)31(37(2,34)35)19-26(32)30-29-18-23-11-15-25(16-12-23)36-20-27(33)28-17-22-7-5-4-6-8-22/h4-16,18H,3,17,19-20H2,1-2H3,(H,28,33)(H,30,32)/b29-18-. The molecular formula is C27H30N4O5S. The van der Waals surface area contributed by atoms with E-state index in [1.165, 1.54) is 6.21 Å². The SMILES string of the molecule is CCc1ccc(N(CC(=O)N/N=C\c2ccc(OCC(=O)NCc3ccccc3)cc2)S(C)(=O)=O)cc1. The minimum Gasteiger partial charge on any atom is -0.484 e. The molecule has 0 unspecified atom stereocenters. The van der Waals surface area contributed by atoms with Gasteiger partial charge in [0.1, 0.15) is 12.3 Å². The number of ether oxygens (including phenoxy) is 1. The molecule has 0 saturated heterocycles. The fourth-order valence-electron chi connectivity index (χ4n) is 3.29. The summed E-state index contributed by atoms with van der Waals surface area (Å²) < 4.78 is 31.0. The second-order valence-electron chi connectivity index (χ2n) is 8.20. The van der Waals surface area contributed by atoms with Gasteiger partial charge in [0.25, 0.3) is 11.8 Å². The lowest BCUT2D eigenvalue weighted by atomic mass is 10.1. The molecule has 3 rings (SSSR count). The molecule has 0 aliphatic heterocycles. The Balaban J connectivity index is 1.46. The van der Waals surface area contributed by atoms with E-state index < -0.39 is 22.5 Å². The number of amides is 2. The van der Waals surface area contributed by atoms with Gasteiger partial charge in [-0.3, -0.25) is 13.9 Å². The van der Waals surface area contributed by atoms with Crippen molar-refractivity contribution in [3.8, 4) is 5.75 Å². The Kier molecular flexibility index (Phi) is 9.79. The van der Waals surface area contributed by atoms with Crippen LogP contribution in [0.4, 0.5) is 5.69 Å². The molecule has 10 heteroatoms. The number of carbonyl (C=O) groups is 2. The number of anilines is 1. The van der Waals surface area contributed by atoms with Crippen LogP contribution in [0.3, 0.4) is 0 Å². The van der Waals surface area contributed by atoms with E-state index in [1.807, 2.05) is 49.4 Å². The first-order valence-electron chi connectivity index (χ1n) is 11.7.